The molecule has 0 saturated carbocycles. The largest absolute Gasteiger partial charge is 0.355 e. The van der Waals surface area contributed by atoms with E-state index in [-0.39, 0.29) is 23.3 Å². The van der Waals surface area contributed by atoms with Crippen LogP contribution in [-0.4, -0.2) is 45.1 Å². The molecule has 0 aliphatic carbocycles. The molecule has 2 heterocycles. The Morgan fingerprint density at radius 2 is 2.00 bits per heavy atom. The van der Waals surface area contributed by atoms with Gasteiger partial charge in [0.15, 0.2) is 0 Å². The molecule has 1 aliphatic heterocycles. The molecule has 0 aromatic carbocycles. The number of hydrogen-bond donors (Lipinski definition) is 1. The highest BCUT2D eigenvalue weighted by molar-refractivity contribution is 5.89. The van der Waals surface area contributed by atoms with E-state index >= 15 is 0 Å². The third-order valence-corrected chi connectivity index (χ3v) is 4.81. The maximum absolute atomic E-state index is 12.4. The van der Waals surface area contributed by atoms with Gasteiger partial charge in [-0.3, -0.25) is 14.3 Å². The van der Waals surface area contributed by atoms with Gasteiger partial charge in [-0.05, 0) is 53.5 Å². The van der Waals surface area contributed by atoms with Crippen LogP contribution in [0.15, 0.2) is 0 Å². The molecule has 1 N–H and O–H groups in total. The van der Waals surface area contributed by atoms with E-state index in [2.05, 4.69) is 24.3 Å². The minimum absolute atomic E-state index is 0.0201. The highest BCUT2D eigenvalue weighted by Gasteiger charge is 2.39. The zero-order chi connectivity index (χ0) is 18.1. The predicted molar refractivity (Wildman–Crippen MR) is 93.7 cm³/mol. The van der Waals surface area contributed by atoms with Gasteiger partial charge >= 0.3 is 0 Å². The zero-order valence-electron chi connectivity index (χ0n) is 15.8. The van der Waals surface area contributed by atoms with Crippen molar-refractivity contribution < 1.29 is 9.59 Å². The van der Waals surface area contributed by atoms with E-state index in [9.17, 15) is 9.59 Å². The van der Waals surface area contributed by atoms with Crippen molar-refractivity contribution in [2.45, 2.75) is 66.5 Å². The molecule has 0 radical (unpaired) electrons. The normalized spacial score (nSPS) is 18.3. The number of hydrogen-bond acceptors (Lipinski definition) is 3. The molecule has 1 aromatic rings. The van der Waals surface area contributed by atoms with Gasteiger partial charge in [0.2, 0.25) is 11.8 Å². The van der Waals surface area contributed by atoms with Crippen LogP contribution in [0.2, 0.25) is 0 Å². The van der Waals surface area contributed by atoms with Gasteiger partial charge in [-0.2, -0.15) is 5.10 Å². The van der Waals surface area contributed by atoms with Gasteiger partial charge in [-0.25, -0.2) is 0 Å². The lowest BCUT2D eigenvalue weighted by Crippen LogP contribution is -2.43. The van der Waals surface area contributed by atoms with Crippen LogP contribution in [0, 0.1) is 19.8 Å². The van der Waals surface area contributed by atoms with Gasteiger partial charge < -0.3 is 10.2 Å². The Morgan fingerprint density at radius 3 is 2.50 bits per heavy atom. The van der Waals surface area contributed by atoms with E-state index in [0.29, 0.717) is 19.5 Å². The number of carbonyl (C=O) groups excluding carboxylic acids is 2. The van der Waals surface area contributed by atoms with Crippen molar-refractivity contribution in [3.8, 4) is 0 Å². The van der Waals surface area contributed by atoms with Crippen LogP contribution in [0.3, 0.4) is 0 Å². The van der Waals surface area contributed by atoms with E-state index in [4.69, 9.17) is 0 Å². The second kappa shape index (κ2) is 6.95. The van der Waals surface area contributed by atoms with Gasteiger partial charge in [0, 0.05) is 37.3 Å². The lowest BCUT2D eigenvalue weighted by molar-refractivity contribution is -0.132. The molecule has 2 rings (SSSR count). The standard InChI is InChI=1S/C18H30N4O2/c1-7-22-13(3)15(12(2)20-22)8-9-19-17(24)14-10-16(23)21(11-14)18(4,5)6/h14H,7-11H2,1-6H3,(H,19,24)/t14-/m1/s1. The minimum atomic E-state index is -0.239. The second-order valence-corrected chi connectivity index (χ2v) is 7.58. The van der Waals surface area contributed by atoms with Crippen molar-refractivity contribution in [2.24, 2.45) is 5.92 Å². The Balaban J connectivity index is 1.89. The Hall–Kier alpha value is -1.85. The average molecular weight is 334 g/mol. The maximum atomic E-state index is 12.4. The molecule has 1 aliphatic rings. The highest BCUT2D eigenvalue weighted by Crippen LogP contribution is 2.25. The third kappa shape index (κ3) is 3.79. The molecule has 1 atom stereocenters. The summed E-state index contributed by atoms with van der Waals surface area (Å²) in [5.41, 5.74) is 3.17. The summed E-state index contributed by atoms with van der Waals surface area (Å²) < 4.78 is 1.99. The first-order valence-corrected chi connectivity index (χ1v) is 8.76. The van der Waals surface area contributed by atoms with Crippen LogP contribution in [0.25, 0.3) is 0 Å². The van der Waals surface area contributed by atoms with Crippen molar-refractivity contribution in [3.05, 3.63) is 17.0 Å². The highest BCUT2D eigenvalue weighted by atomic mass is 16.2. The second-order valence-electron chi connectivity index (χ2n) is 7.58. The quantitative estimate of drug-likeness (QED) is 0.893. The van der Waals surface area contributed by atoms with Gasteiger partial charge in [-0.15, -0.1) is 0 Å². The lowest BCUT2D eigenvalue weighted by atomic mass is 10.1. The smallest absolute Gasteiger partial charge is 0.225 e. The summed E-state index contributed by atoms with van der Waals surface area (Å²) >= 11 is 0. The summed E-state index contributed by atoms with van der Waals surface area (Å²) in [6, 6.07) is 0. The predicted octanol–water partition coefficient (Wildman–Crippen LogP) is 1.83. The molecule has 0 spiro atoms. The first-order valence-electron chi connectivity index (χ1n) is 8.76. The fourth-order valence-electron chi connectivity index (χ4n) is 3.39. The topological polar surface area (TPSA) is 67.2 Å². The third-order valence-electron chi connectivity index (χ3n) is 4.81. The van der Waals surface area contributed by atoms with Gasteiger partial charge in [0.05, 0.1) is 11.6 Å². The van der Waals surface area contributed by atoms with Gasteiger partial charge in [0.25, 0.3) is 0 Å². The minimum Gasteiger partial charge on any atom is -0.355 e. The molecule has 6 heteroatoms. The van der Waals surface area contributed by atoms with E-state index in [0.717, 1.165) is 18.7 Å². The number of carbonyl (C=O) groups is 2. The molecule has 0 unspecified atom stereocenters. The average Bonchev–Trinajstić information content (AvgIpc) is 3.01. The molecule has 6 nitrogen and oxygen atoms in total. The van der Waals surface area contributed by atoms with E-state index in [1.165, 1.54) is 11.3 Å². The monoisotopic (exact) mass is 334 g/mol. The molecule has 1 saturated heterocycles. The van der Waals surface area contributed by atoms with Crippen molar-refractivity contribution in [2.75, 3.05) is 13.1 Å². The summed E-state index contributed by atoms with van der Waals surface area (Å²) in [6.07, 6.45) is 1.09. The van der Waals surface area contributed by atoms with Crippen LogP contribution in [0.5, 0.6) is 0 Å². The van der Waals surface area contributed by atoms with Crippen molar-refractivity contribution in [1.82, 2.24) is 20.0 Å². The summed E-state index contributed by atoms with van der Waals surface area (Å²) in [6.45, 7) is 14.1. The van der Waals surface area contributed by atoms with Crippen LogP contribution in [0.1, 0.15) is 51.1 Å². The molecule has 134 valence electrons. The number of aromatic nitrogens is 2. The van der Waals surface area contributed by atoms with Crippen LogP contribution < -0.4 is 5.32 Å². The van der Waals surface area contributed by atoms with Crippen LogP contribution >= 0.6 is 0 Å². The Labute approximate surface area is 144 Å². The Kier molecular flexibility index (Phi) is 5.35. The number of rotatable bonds is 5. The lowest BCUT2D eigenvalue weighted by Gasteiger charge is -2.31. The van der Waals surface area contributed by atoms with Crippen molar-refractivity contribution >= 4 is 11.8 Å². The number of nitrogens with one attached hydrogen (secondary N) is 1. The molecule has 1 fully saturated rings. The molecule has 2 amide bonds. The van der Waals surface area contributed by atoms with Crippen molar-refractivity contribution in [3.63, 3.8) is 0 Å². The number of aryl methyl sites for hydroxylation is 2. The van der Waals surface area contributed by atoms with Crippen LogP contribution in [0.4, 0.5) is 0 Å². The maximum Gasteiger partial charge on any atom is 0.225 e. The molecular weight excluding hydrogens is 304 g/mol. The number of nitrogens with zero attached hydrogens (tertiary/aromatic N) is 3. The fraction of sp³-hybridized carbons (Fsp3) is 0.722. The van der Waals surface area contributed by atoms with E-state index < -0.39 is 0 Å². The first kappa shape index (κ1) is 18.5. The first-order chi connectivity index (χ1) is 11.1. The Bertz CT molecular complexity index is 628. The van der Waals surface area contributed by atoms with E-state index in [1.807, 2.05) is 32.4 Å². The molecule has 0 bridgehead atoms. The van der Waals surface area contributed by atoms with Gasteiger partial charge in [-0.1, -0.05) is 0 Å². The van der Waals surface area contributed by atoms with E-state index in [1.54, 1.807) is 4.90 Å². The van der Waals surface area contributed by atoms with Gasteiger partial charge in [0.1, 0.15) is 0 Å². The molecule has 1 aromatic heterocycles. The number of amides is 2. The molecular formula is C18H30N4O2. The Morgan fingerprint density at radius 1 is 1.33 bits per heavy atom. The number of likely N-dealkylation sites (tertiary alicyclic amines) is 1. The summed E-state index contributed by atoms with van der Waals surface area (Å²) in [4.78, 5) is 26.3. The fourth-order valence-corrected chi connectivity index (χ4v) is 3.39. The summed E-state index contributed by atoms with van der Waals surface area (Å²) in [7, 11) is 0. The summed E-state index contributed by atoms with van der Waals surface area (Å²) in [5.74, 6) is -0.191. The molecule has 24 heavy (non-hydrogen) atoms. The zero-order valence-corrected chi connectivity index (χ0v) is 15.8. The van der Waals surface area contributed by atoms with Crippen molar-refractivity contribution in [1.29, 1.82) is 0 Å². The van der Waals surface area contributed by atoms with Crippen LogP contribution in [-0.2, 0) is 22.6 Å². The summed E-state index contributed by atoms with van der Waals surface area (Å²) in [5, 5.41) is 7.50. The SMILES string of the molecule is CCn1nc(C)c(CCNC(=O)[C@@H]2CC(=O)N(C(C)(C)C)C2)c1C.